The Morgan fingerprint density at radius 2 is 1.89 bits per heavy atom. The van der Waals surface area contributed by atoms with Gasteiger partial charge in [-0.2, -0.15) is 0 Å². The Morgan fingerprint density at radius 3 is 2.44 bits per heavy atom. The van der Waals surface area contributed by atoms with Gasteiger partial charge in [-0.05, 0) is 0 Å². The van der Waals surface area contributed by atoms with Crippen molar-refractivity contribution in [3.05, 3.63) is 0 Å². The third kappa shape index (κ3) is 3.61. The van der Waals surface area contributed by atoms with Gasteiger partial charge in [0, 0.05) is 0 Å². The summed E-state index contributed by atoms with van der Waals surface area (Å²) in [5.74, 6) is -0.486. The minimum Gasteiger partial charge on any atom is -0.469 e. The lowest BCUT2D eigenvalue weighted by Gasteiger charge is -2.39. The minimum atomic E-state index is -1.49. The number of rotatable bonds is 5. The standard InChI is InChI=1S/C10H18O8/c1-16-6(12)2-3-17-10-9(15)8(14)7(13)5(4-11)18-10/h5,7-11,13-15H,2-4H2,1H3. The summed E-state index contributed by atoms with van der Waals surface area (Å²) in [6.45, 7) is -0.600. The van der Waals surface area contributed by atoms with Crippen molar-refractivity contribution in [3.63, 3.8) is 0 Å². The number of esters is 1. The first kappa shape index (κ1) is 15.3. The van der Waals surface area contributed by atoms with Crippen LogP contribution in [-0.4, -0.2) is 77.4 Å². The van der Waals surface area contributed by atoms with Crippen LogP contribution in [0.3, 0.4) is 0 Å². The van der Waals surface area contributed by atoms with Crippen LogP contribution < -0.4 is 0 Å². The van der Waals surface area contributed by atoms with E-state index in [0.717, 1.165) is 0 Å². The smallest absolute Gasteiger partial charge is 0.307 e. The van der Waals surface area contributed by atoms with Crippen molar-refractivity contribution in [2.24, 2.45) is 0 Å². The molecule has 0 spiro atoms. The Kier molecular flexibility index (Phi) is 5.93. The molecule has 0 radical (unpaired) electrons. The highest BCUT2D eigenvalue weighted by Gasteiger charge is 2.43. The molecule has 5 atom stereocenters. The first-order chi connectivity index (χ1) is 8.51. The zero-order valence-electron chi connectivity index (χ0n) is 9.93. The lowest BCUT2D eigenvalue weighted by molar-refractivity contribution is -0.301. The Morgan fingerprint density at radius 1 is 1.22 bits per heavy atom. The third-order valence-corrected chi connectivity index (χ3v) is 2.66. The summed E-state index contributed by atoms with van der Waals surface area (Å²) in [5.41, 5.74) is 0. The zero-order valence-corrected chi connectivity index (χ0v) is 9.93. The van der Waals surface area contributed by atoms with Crippen LogP contribution in [-0.2, 0) is 19.0 Å². The van der Waals surface area contributed by atoms with Gasteiger partial charge in [0.25, 0.3) is 0 Å². The molecule has 1 aliphatic heterocycles. The van der Waals surface area contributed by atoms with Crippen LogP contribution in [0.2, 0.25) is 0 Å². The molecule has 0 aromatic carbocycles. The molecule has 0 bridgehead atoms. The van der Waals surface area contributed by atoms with Crippen LogP contribution in [0.15, 0.2) is 0 Å². The summed E-state index contributed by atoms with van der Waals surface area (Å²) < 4.78 is 14.5. The molecule has 4 N–H and O–H groups in total. The second-order valence-corrected chi connectivity index (χ2v) is 3.89. The number of hydrogen-bond acceptors (Lipinski definition) is 8. The number of carbonyl (C=O) groups is 1. The van der Waals surface area contributed by atoms with E-state index >= 15 is 0 Å². The molecule has 8 nitrogen and oxygen atoms in total. The van der Waals surface area contributed by atoms with Crippen LogP contribution in [0.5, 0.6) is 0 Å². The summed E-state index contributed by atoms with van der Waals surface area (Å²) in [6, 6.07) is 0. The highest BCUT2D eigenvalue weighted by molar-refractivity contribution is 5.69. The van der Waals surface area contributed by atoms with Crippen LogP contribution in [0, 0.1) is 0 Å². The van der Waals surface area contributed by atoms with Crippen molar-refractivity contribution in [2.75, 3.05) is 20.3 Å². The molecule has 0 saturated carbocycles. The first-order valence-corrected chi connectivity index (χ1v) is 5.50. The van der Waals surface area contributed by atoms with Gasteiger partial charge in [0.1, 0.15) is 24.4 Å². The molecule has 1 heterocycles. The van der Waals surface area contributed by atoms with Crippen molar-refractivity contribution in [3.8, 4) is 0 Å². The first-order valence-electron chi connectivity index (χ1n) is 5.50. The molecule has 5 unspecified atom stereocenters. The van der Waals surface area contributed by atoms with E-state index < -0.39 is 43.3 Å². The number of hydrogen-bond donors (Lipinski definition) is 4. The van der Waals surface area contributed by atoms with E-state index in [1.54, 1.807) is 0 Å². The monoisotopic (exact) mass is 266 g/mol. The van der Waals surface area contributed by atoms with E-state index in [4.69, 9.17) is 14.6 Å². The van der Waals surface area contributed by atoms with E-state index in [9.17, 15) is 20.1 Å². The zero-order chi connectivity index (χ0) is 13.7. The number of aliphatic hydroxyl groups is 4. The fraction of sp³-hybridized carbons (Fsp3) is 0.900. The molecule has 1 saturated heterocycles. The highest BCUT2D eigenvalue weighted by Crippen LogP contribution is 2.21. The Labute approximate surface area is 104 Å². The predicted molar refractivity (Wildman–Crippen MR) is 56.4 cm³/mol. The molecule has 0 aromatic rings. The maximum atomic E-state index is 10.8. The lowest BCUT2D eigenvalue weighted by Crippen LogP contribution is -2.59. The summed E-state index contributed by atoms with van der Waals surface area (Å²) in [5, 5.41) is 37.5. The highest BCUT2D eigenvalue weighted by atomic mass is 16.7. The number of methoxy groups -OCH3 is 1. The van der Waals surface area contributed by atoms with E-state index in [1.165, 1.54) is 7.11 Å². The molecular formula is C10H18O8. The molecular weight excluding hydrogens is 248 g/mol. The van der Waals surface area contributed by atoms with Gasteiger partial charge in [0.05, 0.1) is 26.7 Å². The van der Waals surface area contributed by atoms with E-state index in [1.807, 2.05) is 0 Å². The van der Waals surface area contributed by atoms with Crippen molar-refractivity contribution in [1.29, 1.82) is 0 Å². The van der Waals surface area contributed by atoms with Crippen LogP contribution >= 0.6 is 0 Å². The van der Waals surface area contributed by atoms with E-state index in [0.29, 0.717) is 0 Å². The van der Waals surface area contributed by atoms with Gasteiger partial charge in [-0.15, -0.1) is 0 Å². The summed E-state index contributed by atoms with van der Waals surface area (Å²) >= 11 is 0. The SMILES string of the molecule is COC(=O)CCOC1OC(CO)C(O)C(O)C1O. The number of aliphatic hydroxyl groups excluding tert-OH is 4. The number of carbonyl (C=O) groups excluding carboxylic acids is 1. The van der Waals surface area contributed by atoms with Gasteiger partial charge in [-0.3, -0.25) is 4.79 Å². The average Bonchev–Trinajstić information content (AvgIpc) is 2.38. The number of ether oxygens (including phenoxy) is 3. The van der Waals surface area contributed by atoms with Crippen molar-refractivity contribution >= 4 is 5.97 Å². The molecule has 0 aliphatic carbocycles. The van der Waals surface area contributed by atoms with Crippen molar-refractivity contribution in [2.45, 2.75) is 37.1 Å². The largest absolute Gasteiger partial charge is 0.469 e. The maximum Gasteiger partial charge on any atom is 0.307 e. The second-order valence-electron chi connectivity index (χ2n) is 3.89. The fourth-order valence-corrected chi connectivity index (χ4v) is 1.57. The Balaban J connectivity index is 2.46. The molecule has 1 fully saturated rings. The summed E-state index contributed by atoms with van der Waals surface area (Å²) in [6.07, 6.45) is -6.65. The molecule has 0 aromatic heterocycles. The van der Waals surface area contributed by atoms with Crippen LogP contribution in [0.1, 0.15) is 6.42 Å². The lowest BCUT2D eigenvalue weighted by atomic mass is 9.99. The van der Waals surface area contributed by atoms with Crippen LogP contribution in [0.25, 0.3) is 0 Å². The Hall–Kier alpha value is -0.770. The van der Waals surface area contributed by atoms with Gasteiger partial charge in [-0.1, -0.05) is 0 Å². The average molecular weight is 266 g/mol. The normalized spacial score (nSPS) is 36.4. The molecule has 1 aliphatic rings. The quantitative estimate of drug-likeness (QED) is 0.398. The Bertz CT molecular complexity index is 269. The fourth-order valence-electron chi connectivity index (χ4n) is 1.57. The maximum absolute atomic E-state index is 10.8. The van der Waals surface area contributed by atoms with Gasteiger partial charge < -0.3 is 34.6 Å². The topological polar surface area (TPSA) is 126 Å². The predicted octanol–water partition coefficient (Wildman–Crippen LogP) is -2.63. The van der Waals surface area contributed by atoms with Gasteiger partial charge in [0.2, 0.25) is 0 Å². The molecule has 8 heteroatoms. The molecule has 18 heavy (non-hydrogen) atoms. The molecule has 106 valence electrons. The third-order valence-electron chi connectivity index (χ3n) is 2.66. The van der Waals surface area contributed by atoms with E-state index in [-0.39, 0.29) is 13.0 Å². The van der Waals surface area contributed by atoms with Gasteiger partial charge in [0.15, 0.2) is 6.29 Å². The van der Waals surface area contributed by atoms with Crippen LogP contribution in [0.4, 0.5) is 0 Å². The minimum absolute atomic E-state index is 0.0362. The van der Waals surface area contributed by atoms with Gasteiger partial charge in [-0.25, -0.2) is 0 Å². The summed E-state index contributed by atoms with van der Waals surface area (Å²) in [7, 11) is 1.23. The van der Waals surface area contributed by atoms with Crippen molar-refractivity contribution < 1.29 is 39.4 Å². The second kappa shape index (κ2) is 6.98. The molecule has 1 rings (SSSR count). The molecule has 0 amide bonds. The van der Waals surface area contributed by atoms with E-state index in [2.05, 4.69) is 4.74 Å². The summed E-state index contributed by atoms with van der Waals surface area (Å²) in [4.78, 5) is 10.8. The van der Waals surface area contributed by atoms with Crippen molar-refractivity contribution in [1.82, 2.24) is 0 Å². The van der Waals surface area contributed by atoms with Gasteiger partial charge >= 0.3 is 5.97 Å².